The van der Waals surface area contributed by atoms with Crippen molar-refractivity contribution < 1.29 is 9.63 Å². The maximum absolute atomic E-state index is 11.3. The first-order chi connectivity index (χ1) is 7.61. The summed E-state index contributed by atoms with van der Waals surface area (Å²) in [6.07, 6.45) is 4.35. The number of carbonyl (C=O) groups excluding carboxylic acids is 1. The van der Waals surface area contributed by atoms with E-state index in [0.29, 0.717) is 6.04 Å². The lowest BCUT2D eigenvalue weighted by Gasteiger charge is -2.27. The van der Waals surface area contributed by atoms with E-state index in [1.54, 1.807) is 0 Å². The number of hydrogen-bond donors (Lipinski definition) is 3. The van der Waals surface area contributed by atoms with Gasteiger partial charge in [-0.2, -0.15) is 0 Å². The van der Waals surface area contributed by atoms with E-state index in [9.17, 15) is 4.79 Å². The summed E-state index contributed by atoms with van der Waals surface area (Å²) < 4.78 is 0. The molecular weight excluding hydrogens is 206 g/mol. The Morgan fingerprint density at radius 1 is 1.25 bits per heavy atom. The molecule has 0 aromatic carbocycles. The third-order valence-electron chi connectivity index (χ3n) is 2.82. The Labute approximate surface area is 97.3 Å². The van der Waals surface area contributed by atoms with Gasteiger partial charge in [0.1, 0.15) is 0 Å². The summed E-state index contributed by atoms with van der Waals surface area (Å²) in [7, 11) is 1.99. The summed E-state index contributed by atoms with van der Waals surface area (Å²) in [5, 5.41) is 5.98. The highest BCUT2D eigenvalue weighted by Crippen LogP contribution is 2.19. The molecule has 1 aliphatic carbocycles. The molecule has 2 amide bonds. The molecule has 0 atom stereocenters. The second-order valence-electron chi connectivity index (χ2n) is 4.61. The van der Waals surface area contributed by atoms with E-state index in [0.717, 1.165) is 25.7 Å². The van der Waals surface area contributed by atoms with Crippen molar-refractivity contribution in [1.29, 1.82) is 0 Å². The maximum Gasteiger partial charge on any atom is 0.338 e. The Bertz CT molecular complexity index is 213. The summed E-state index contributed by atoms with van der Waals surface area (Å²) in [5.41, 5.74) is 2.45. The molecular formula is C11H23N3O2. The van der Waals surface area contributed by atoms with Gasteiger partial charge in [-0.15, -0.1) is 0 Å². The van der Waals surface area contributed by atoms with Crippen LogP contribution in [-0.4, -0.2) is 31.3 Å². The fraction of sp³-hybridized carbons (Fsp3) is 0.909. The van der Waals surface area contributed by atoms with Gasteiger partial charge in [-0.3, -0.25) is 4.84 Å². The van der Waals surface area contributed by atoms with Crippen LogP contribution < -0.4 is 16.1 Å². The molecule has 0 saturated heterocycles. The van der Waals surface area contributed by atoms with Gasteiger partial charge in [-0.1, -0.05) is 0 Å². The van der Waals surface area contributed by atoms with Crippen molar-refractivity contribution in [2.45, 2.75) is 57.7 Å². The molecule has 1 aliphatic rings. The van der Waals surface area contributed by atoms with Crippen LogP contribution in [0.1, 0.15) is 39.5 Å². The number of hydroxylamine groups is 1. The molecule has 1 saturated carbocycles. The molecule has 0 heterocycles. The van der Waals surface area contributed by atoms with Crippen molar-refractivity contribution in [1.82, 2.24) is 16.1 Å². The van der Waals surface area contributed by atoms with Gasteiger partial charge in [0.15, 0.2) is 0 Å². The average Bonchev–Trinajstić information content (AvgIpc) is 2.26. The minimum Gasteiger partial charge on any atom is -0.334 e. The van der Waals surface area contributed by atoms with E-state index >= 15 is 0 Å². The van der Waals surface area contributed by atoms with Crippen LogP contribution in [0, 0.1) is 0 Å². The molecule has 94 valence electrons. The van der Waals surface area contributed by atoms with Crippen LogP contribution in [0.15, 0.2) is 0 Å². The van der Waals surface area contributed by atoms with E-state index < -0.39 is 0 Å². The van der Waals surface area contributed by atoms with Gasteiger partial charge in [-0.25, -0.2) is 10.3 Å². The summed E-state index contributed by atoms with van der Waals surface area (Å²) in [5.74, 6) is 0. The predicted octanol–water partition coefficient (Wildman–Crippen LogP) is 1.16. The molecule has 16 heavy (non-hydrogen) atoms. The molecule has 0 aliphatic heterocycles. The first kappa shape index (κ1) is 13.3. The Morgan fingerprint density at radius 2 is 1.88 bits per heavy atom. The van der Waals surface area contributed by atoms with Crippen LogP contribution in [0.5, 0.6) is 0 Å². The lowest BCUT2D eigenvalue weighted by molar-refractivity contribution is -0.0263. The number of nitrogens with one attached hydrogen (secondary N) is 3. The summed E-state index contributed by atoms with van der Waals surface area (Å²) >= 11 is 0. The first-order valence-electron chi connectivity index (χ1n) is 6.01. The Hall–Kier alpha value is -0.810. The zero-order valence-electron chi connectivity index (χ0n) is 10.4. The van der Waals surface area contributed by atoms with Crippen molar-refractivity contribution >= 4 is 6.03 Å². The standard InChI is InChI=1S/C11H23N3O2/c1-8(2)13-11(15)14-16-10-6-4-9(12-3)5-7-10/h8-10,12H,4-7H2,1-3H3,(H2,13,14,15). The van der Waals surface area contributed by atoms with E-state index in [1.807, 2.05) is 20.9 Å². The molecule has 1 rings (SSSR count). The molecule has 5 heteroatoms. The normalized spacial score (nSPS) is 25.5. The number of carbonyl (C=O) groups is 1. The quantitative estimate of drug-likeness (QED) is 0.634. The van der Waals surface area contributed by atoms with Crippen molar-refractivity contribution in [3.05, 3.63) is 0 Å². The lowest BCUT2D eigenvalue weighted by Crippen LogP contribution is -2.42. The molecule has 1 fully saturated rings. The van der Waals surface area contributed by atoms with Crippen LogP contribution in [0.4, 0.5) is 4.79 Å². The van der Waals surface area contributed by atoms with Crippen LogP contribution in [-0.2, 0) is 4.84 Å². The summed E-state index contributed by atoms with van der Waals surface area (Å²) in [6, 6.07) is 0.471. The number of rotatable bonds is 4. The predicted molar refractivity (Wildman–Crippen MR) is 63.0 cm³/mol. The highest BCUT2D eigenvalue weighted by Gasteiger charge is 2.21. The Balaban J connectivity index is 2.12. The van der Waals surface area contributed by atoms with Gasteiger partial charge in [0, 0.05) is 12.1 Å². The molecule has 0 aromatic rings. The van der Waals surface area contributed by atoms with Crippen molar-refractivity contribution in [2.24, 2.45) is 0 Å². The van der Waals surface area contributed by atoms with Crippen LogP contribution in [0.3, 0.4) is 0 Å². The molecule has 0 aromatic heterocycles. The summed E-state index contributed by atoms with van der Waals surface area (Å²) in [4.78, 5) is 16.6. The molecule has 0 unspecified atom stereocenters. The largest absolute Gasteiger partial charge is 0.338 e. The summed E-state index contributed by atoms with van der Waals surface area (Å²) in [6.45, 7) is 3.83. The van der Waals surface area contributed by atoms with Gasteiger partial charge in [0.25, 0.3) is 0 Å². The fourth-order valence-electron chi connectivity index (χ4n) is 1.90. The highest BCUT2D eigenvalue weighted by molar-refractivity contribution is 5.72. The lowest BCUT2D eigenvalue weighted by atomic mass is 9.93. The number of amides is 2. The molecule has 0 spiro atoms. The zero-order valence-corrected chi connectivity index (χ0v) is 10.4. The van der Waals surface area contributed by atoms with Gasteiger partial charge >= 0.3 is 6.03 Å². The third-order valence-corrected chi connectivity index (χ3v) is 2.82. The molecule has 3 N–H and O–H groups in total. The number of urea groups is 1. The SMILES string of the molecule is CNC1CCC(ONC(=O)NC(C)C)CC1. The first-order valence-corrected chi connectivity index (χ1v) is 6.01. The third kappa shape index (κ3) is 4.81. The Morgan fingerprint density at radius 3 is 2.38 bits per heavy atom. The van der Waals surface area contributed by atoms with Crippen LogP contribution in [0.25, 0.3) is 0 Å². The van der Waals surface area contributed by atoms with Gasteiger partial charge in [0.2, 0.25) is 0 Å². The van der Waals surface area contributed by atoms with E-state index in [1.165, 1.54) is 0 Å². The fourth-order valence-corrected chi connectivity index (χ4v) is 1.90. The second-order valence-corrected chi connectivity index (χ2v) is 4.61. The van der Waals surface area contributed by atoms with E-state index in [-0.39, 0.29) is 18.2 Å². The van der Waals surface area contributed by atoms with Gasteiger partial charge in [0.05, 0.1) is 6.10 Å². The highest BCUT2D eigenvalue weighted by atomic mass is 16.7. The zero-order chi connectivity index (χ0) is 12.0. The number of hydrogen-bond acceptors (Lipinski definition) is 3. The minimum absolute atomic E-state index is 0.128. The molecule has 5 nitrogen and oxygen atoms in total. The van der Waals surface area contributed by atoms with Crippen molar-refractivity contribution in [3.63, 3.8) is 0 Å². The minimum atomic E-state index is -0.259. The molecule has 0 radical (unpaired) electrons. The average molecular weight is 229 g/mol. The Kier molecular flexibility index (Phi) is 5.55. The monoisotopic (exact) mass is 229 g/mol. The van der Waals surface area contributed by atoms with E-state index in [2.05, 4.69) is 16.1 Å². The molecule has 0 bridgehead atoms. The van der Waals surface area contributed by atoms with E-state index in [4.69, 9.17) is 4.84 Å². The smallest absolute Gasteiger partial charge is 0.334 e. The van der Waals surface area contributed by atoms with Crippen molar-refractivity contribution in [2.75, 3.05) is 7.05 Å². The van der Waals surface area contributed by atoms with Gasteiger partial charge in [-0.05, 0) is 46.6 Å². The van der Waals surface area contributed by atoms with Crippen LogP contribution in [0.2, 0.25) is 0 Å². The maximum atomic E-state index is 11.3. The topological polar surface area (TPSA) is 62.4 Å². The second kappa shape index (κ2) is 6.70. The van der Waals surface area contributed by atoms with Gasteiger partial charge < -0.3 is 10.6 Å². The van der Waals surface area contributed by atoms with Crippen molar-refractivity contribution in [3.8, 4) is 0 Å². The van der Waals surface area contributed by atoms with Crippen LogP contribution >= 0.6 is 0 Å².